The van der Waals surface area contributed by atoms with Gasteiger partial charge in [-0.1, -0.05) is 17.7 Å². The smallest absolute Gasteiger partial charge is 0.319 e. The largest absolute Gasteiger partial charge is 0.461 e. The molecule has 0 saturated carbocycles. The molecule has 0 aliphatic carbocycles. The van der Waals surface area contributed by atoms with Gasteiger partial charge in [0.05, 0.1) is 20.8 Å². The number of ether oxygens (including phenoxy) is 1. The number of rotatable bonds is 7. The fourth-order valence-electron chi connectivity index (χ4n) is 7.51. The van der Waals surface area contributed by atoms with Crippen molar-refractivity contribution in [2.24, 2.45) is 0 Å². The molecule has 1 unspecified atom stereocenters. The molecule has 4 N–H and O–H groups in total. The topological polar surface area (TPSA) is 132 Å². The first kappa shape index (κ1) is 33.4. The summed E-state index contributed by atoms with van der Waals surface area (Å²) in [7, 11) is 0. The fraction of sp³-hybridized carbons (Fsp3) is 0.471. The van der Waals surface area contributed by atoms with E-state index in [1.165, 1.54) is 12.1 Å². The molecular formula is C34H36ClF3N8O2S. The molecule has 7 rings (SSSR count). The summed E-state index contributed by atoms with van der Waals surface area (Å²) >= 11 is 7.71. The lowest BCUT2D eigenvalue weighted by atomic mass is 9.95. The zero-order valence-corrected chi connectivity index (χ0v) is 28.7. The third kappa shape index (κ3) is 6.06. The predicted molar refractivity (Wildman–Crippen MR) is 185 cm³/mol. The number of carbonyl (C=O) groups excluding carboxylic acids is 1. The number of alkyl halides is 1. The minimum Gasteiger partial charge on any atom is -0.461 e. The fourth-order valence-corrected chi connectivity index (χ4v) is 8.75. The van der Waals surface area contributed by atoms with E-state index in [-0.39, 0.29) is 73.0 Å². The molecule has 2 amide bonds. The van der Waals surface area contributed by atoms with Gasteiger partial charge in [-0.2, -0.15) is 15.2 Å². The average Bonchev–Trinajstić information content (AvgIpc) is 3.71. The van der Waals surface area contributed by atoms with E-state index >= 15 is 4.39 Å². The highest BCUT2D eigenvalue weighted by molar-refractivity contribution is 7.23. The summed E-state index contributed by atoms with van der Waals surface area (Å²) in [6.45, 7) is 6.11. The summed E-state index contributed by atoms with van der Waals surface area (Å²) in [6, 6.07) is 5.84. The Bertz CT molecular complexity index is 2000. The van der Waals surface area contributed by atoms with Crippen molar-refractivity contribution in [3.8, 4) is 23.2 Å². The van der Waals surface area contributed by atoms with Crippen LogP contribution in [0.2, 0.25) is 5.02 Å². The van der Waals surface area contributed by atoms with Crippen LogP contribution in [-0.2, 0) is 0 Å². The summed E-state index contributed by atoms with van der Waals surface area (Å²) in [5, 5.41) is 16.8. The average molecular weight is 713 g/mol. The molecule has 49 heavy (non-hydrogen) atoms. The van der Waals surface area contributed by atoms with Crippen molar-refractivity contribution in [2.45, 2.75) is 69.7 Å². The monoisotopic (exact) mass is 712 g/mol. The maximum atomic E-state index is 16.9. The third-order valence-corrected chi connectivity index (χ3v) is 11.2. The van der Waals surface area contributed by atoms with Crippen LogP contribution in [0.25, 0.3) is 32.1 Å². The third-order valence-electron chi connectivity index (χ3n) is 9.83. The van der Waals surface area contributed by atoms with Crippen molar-refractivity contribution in [2.75, 3.05) is 43.8 Å². The van der Waals surface area contributed by atoms with Crippen LogP contribution in [0.4, 0.5) is 28.8 Å². The number of urea groups is 1. The van der Waals surface area contributed by atoms with E-state index in [9.17, 15) is 18.8 Å². The minimum absolute atomic E-state index is 0.00694. The van der Waals surface area contributed by atoms with E-state index < -0.39 is 23.3 Å². The number of nitrogens with one attached hydrogen (secondary N) is 2. The highest BCUT2D eigenvalue weighted by Crippen LogP contribution is 2.46. The Balaban J connectivity index is 1.29. The number of piperidine rings is 1. The zero-order valence-electron chi connectivity index (χ0n) is 27.1. The molecule has 0 radical (unpaired) electrons. The van der Waals surface area contributed by atoms with Crippen molar-refractivity contribution in [3.05, 3.63) is 40.4 Å². The summed E-state index contributed by atoms with van der Waals surface area (Å²) in [5.74, 6) is -1.09. The minimum atomic E-state index is -0.953. The molecular weight excluding hydrogens is 677 g/mol. The number of likely N-dealkylation sites (tertiary alicyclic amines) is 1. The maximum absolute atomic E-state index is 16.9. The molecule has 0 bridgehead atoms. The van der Waals surface area contributed by atoms with Crippen molar-refractivity contribution < 1.29 is 22.7 Å². The lowest BCUT2D eigenvalue weighted by molar-refractivity contribution is 0.107. The predicted octanol–water partition coefficient (Wildman–Crippen LogP) is 6.85. The normalized spacial score (nSPS) is 21.4. The SMILES string of the molecule is CC(C)NC(=O)N1CCC(Nc2nc(OCC34CCCN3C[C@H](F)C4)nc3c(F)c(-c4ccc(F)c5sc(N)c(C#N)c45)c(Cl)cc23)CC1. The first-order chi connectivity index (χ1) is 23.5. The summed E-state index contributed by atoms with van der Waals surface area (Å²) < 4.78 is 52.6. The number of nitrogens with zero attached hydrogens (tertiary/aromatic N) is 5. The van der Waals surface area contributed by atoms with Crippen LogP contribution in [0.1, 0.15) is 51.5 Å². The van der Waals surface area contributed by atoms with Gasteiger partial charge in [0.15, 0.2) is 5.82 Å². The number of anilines is 2. The molecule has 3 fully saturated rings. The van der Waals surface area contributed by atoms with Crippen LogP contribution in [-0.4, -0.2) is 82.4 Å². The van der Waals surface area contributed by atoms with Crippen LogP contribution in [0.5, 0.6) is 6.01 Å². The summed E-state index contributed by atoms with van der Waals surface area (Å²) in [6.07, 6.45) is 2.31. The molecule has 258 valence electrons. The van der Waals surface area contributed by atoms with Gasteiger partial charge in [-0.25, -0.2) is 18.0 Å². The number of hydrogen-bond donors (Lipinski definition) is 3. The Hall–Kier alpha value is -4.06. The van der Waals surface area contributed by atoms with E-state index in [1.807, 2.05) is 19.9 Å². The number of benzene rings is 2. The van der Waals surface area contributed by atoms with Crippen LogP contribution in [0, 0.1) is 23.0 Å². The van der Waals surface area contributed by atoms with E-state index in [4.69, 9.17) is 22.1 Å². The molecule has 5 heterocycles. The second kappa shape index (κ2) is 13.0. The molecule has 15 heteroatoms. The molecule has 4 aromatic rings. The van der Waals surface area contributed by atoms with E-state index in [0.29, 0.717) is 50.1 Å². The number of nitrogens with two attached hydrogens (primary N) is 1. The van der Waals surface area contributed by atoms with Crippen LogP contribution in [0.15, 0.2) is 18.2 Å². The second-order valence-electron chi connectivity index (χ2n) is 13.4. The highest BCUT2D eigenvalue weighted by atomic mass is 35.5. The molecule has 3 aliphatic heterocycles. The molecule has 2 atom stereocenters. The second-order valence-corrected chi connectivity index (χ2v) is 14.9. The number of nitriles is 1. The van der Waals surface area contributed by atoms with Gasteiger partial charge in [-0.05, 0) is 63.8 Å². The van der Waals surface area contributed by atoms with Crippen molar-refractivity contribution in [1.29, 1.82) is 5.26 Å². The molecule has 10 nitrogen and oxygen atoms in total. The first-order valence-electron chi connectivity index (χ1n) is 16.4. The molecule has 0 spiro atoms. The van der Waals surface area contributed by atoms with E-state index in [1.54, 1.807) is 11.0 Å². The van der Waals surface area contributed by atoms with E-state index in [2.05, 4.69) is 25.5 Å². The zero-order chi connectivity index (χ0) is 34.6. The van der Waals surface area contributed by atoms with Crippen LogP contribution >= 0.6 is 22.9 Å². The Morgan fingerprint density at radius 2 is 2.04 bits per heavy atom. The number of carbonyl (C=O) groups is 1. The van der Waals surface area contributed by atoms with Crippen LogP contribution in [0.3, 0.4) is 0 Å². The summed E-state index contributed by atoms with van der Waals surface area (Å²) in [4.78, 5) is 25.6. The van der Waals surface area contributed by atoms with Crippen molar-refractivity contribution in [1.82, 2.24) is 25.1 Å². The van der Waals surface area contributed by atoms with Gasteiger partial charge in [0, 0.05) is 54.5 Å². The summed E-state index contributed by atoms with van der Waals surface area (Å²) in [5.41, 5.74) is 5.66. The quantitative estimate of drug-likeness (QED) is 0.190. The van der Waals surface area contributed by atoms with Gasteiger partial charge in [0.1, 0.15) is 41.0 Å². The number of fused-ring (bicyclic) bond motifs is 3. The van der Waals surface area contributed by atoms with Gasteiger partial charge in [-0.15, -0.1) is 11.3 Å². The van der Waals surface area contributed by atoms with Gasteiger partial charge in [-0.3, -0.25) is 4.90 Å². The van der Waals surface area contributed by atoms with Crippen molar-refractivity contribution in [3.63, 3.8) is 0 Å². The maximum Gasteiger partial charge on any atom is 0.319 e. The lowest BCUT2D eigenvalue weighted by Gasteiger charge is -2.33. The number of amides is 2. The van der Waals surface area contributed by atoms with Gasteiger partial charge >= 0.3 is 12.0 Å². The van der Waals surface area contributed by atoms with Crippen molar-refractivity contribution >= 4 is 60.8 Å². The number of halogens is 4. The molecule has 3 aliphatic rings. The number of thiophene rings is 1. The Labute approximate surface area is 290 Å². The Morgan fingerprint density at radius 1 is 1.27 bits per heavy atom. The van der Waals surface area contributed by atoms with Gasteiger partial charge in [0.25, 0.3) is 0 Å². The number of nitrogen functional groups attached to an aromatic ring is 1. The Morgan fingerprint density at radius 3 is 2.78 bits per heavy atom. The highest BCUT2D eigenvalue weighted by Gasteiger charge is 2.49. The molecule has 2 aromatic carbocycles. The Kier molecular flexibility index (Phi) is 8.87. The molecule has 2 aromatic heterocycles. The number of hydrogen-bond acceptors (Lipinski definition) is 9. The van der Waals surface area contributed by atoms with Gasteiger partial charge < -0.3 is 26.0 Å². The molecule has 3 saturated heterocycles. The van der Waals surface area contributed by atoms with E-state index in [0.717, 1.165) is 30.7 Å². The number of aromatic nitrogens is 2. The van der Waals surface area contributed by atoms with Crippen LogP contribution < -0.4 is 21.1 Å². The first-order valence-corrected chi connectivity index (χ1v) is 17.6. The van der Waals surface area contributed by atoms with Gasteiger partial charge in [0.2, 0.25) is 0 Å². The lowest BCUT2D eigenvalue weighted by Crippen LogP contribution is -2.48. The standard InChI is InChI=1S/C34H36ClF3N8O2S/c1-17(2)41-33(47)45-10-6-19(7-11-45)42-31-21-12-23(35)26(20-4-5-24(37)29-25(20)22(14-39)30(40)49-29)27(38)28(21)43-32(44-31)48-16-34-8-3-9-46(34)15-18(36)13-34/h4-5,12,17-19H,3,6-11,13,15-16,40H2,1-2H3,(H,41,47)(H,42,43,44)/t18-,34?/m1/s1.